The molecule has 0 saturated heterocycles. The highest BCUT2D eigenvalue weighted by molar-refractivity contribution is 5.74. The van der Waals surface area contributed by atoms with Crippen LogP contribution >= 0.6 is 0 Å². The summed E-state index contributed by atoms with van der Waals surface area (Å²) < 4.78 is 0. The van der Waals surface area contributed by atoms with Crippen LogP contribution in [-0.4, -0.2) is 5.91 Å². The first-order chi connectivity index (χ1) is 5.49. The molecule has 0 aromatic heterocycles. The Morgan fingerprint density at radius 3 is 2.42 bits per heavy atom. The summed E-state index contributed by atoms with van der Waals surface area (Å²) in [5.41, 5.74) is 1.98. The second kappa shape index (κ2) is 4.75. The van der Waals surface area contributed by atoms with Crippen LogP contribution in [0.4, 0.5) is 0 Å². The van der Waals surface area contributed by atoms with Crippen molar-refractivity contribution in [1.29, 1.82) is 0 Å². The van der Waals surface area contributed by atoms with E-state index < -0.39 is 0 Å². The van der Waals surface area contributed by atoms with Crippen molar-refractivity contribution in [3.63, 3.8) is 0 Å². The van der Waals surface area contributed by atoms with Gasteiger partial charge >= 0.3 is 0 Å². The molecule has 2 nitrogen and oxygen atoms in total. The van der Waals surface area contributed by atoms with Crippen molar-refractivity contribution in [3.8, 4) is 0 Å². The lowest BCUT2D eigenvalue weighted by Gasteiger charge is -2.15. The molecule has 0 aromatic carbocycles. The average Bonchev–Trinajstić information content (AvgIpc) is 2.00. The van der Waals surface area contributed by atoms with Crippen LogP contribution in [0, 0.1) is 5.92 Å². The zero-order valence-electron chi connectivity index (χ0n) is 8.27. The Balaban J connectivity index is 0. The fraction of sp³-hybridized carbons (Fsp3) is 0.500. The fourth-order valence-electron chi connectivity index (χ4n) is 0.859. The number of carbonyl (C=O) groups is 1. The van der Waals surface area contributed by atoms with Gasteiger partial charge in [-0.15, -0.1) is 0 Å². The maximum absolute atomic E-state index is 10.7. The molecule has 1 N–H and O–H groups in total. The minimum atomic E-state index is -0.0595. The molecule has 0 aromatic rings. The standard InChI is InChI=1S/C10H17NO.H2/c1-6-7(2)8(3)9(4)11-10(5)12;/h6,8H,4H2,1-3,5H3,(H,11,12);1H/b7-6+;. The molecule has 12 heavy (non-hydrogen) atoms. The fourth-order valence-corrected chi connectivity index (χ4v) is 0.859. The second-order valence-corrected chi connectivity index (χ2v) is 2.96. The van der Waals surface area contributed by atoms with Gasteiger partial charge in [-0.25, -0.2) is 0 Å². The first-order valence-electron chi connectivity index (χ1n) is 4.08. The Kier molecular flexibility index (Phi) is 4.34. The Hall–Kier alpha value is -1.05. The van der Waals surface area contributed by atoms with E-state index >= 15 is 0 Å². The Bertz CT molecular complexity index is 221. The van der Waals surface area contributed by atoms with Gasteiger partial charge in [0.2, 0.25) is 5.91 Å². The molecule has 0 rings (SSSR count). The molecule has 2 heteroatoms. The van der Waals surface area contributed by atoms with Crippen molar-refractivity contribution < 1.29 is 6.22 Å². The van der Waals surface area contributed by atoms with Crippen LogP contribution in [-0.2, 0) is 4.79 Å². The normalized spacial score (nSPS) is 13.8. The van der Waals surface area contributed by atoms with E-state index in [0.29, 0.717) is 0 Å². The van der Waals surface area contributed by atoms with E-state index in [9.17, 15) is 4.79 Å². The number of rotatable bonds is 3. The molecule has 0 radical (unpaired) electrons. The van der Waals surface area contributed by atoms with E-state index in [2.05, 4.69) is 11.9 Å². The first-order valence-corrected chi connectivity index (χ1v) is 4.08. The lowest BCUT2D eigenvalue weighted by molar-refractivity contribution is -0.118. The monoisotopic (exact) mass is 169 g/mol. The molecule has 1 amide bonds. The van der Waals surface area contributed by atoms with Crippen LogP contribution in [0.3, 0.4) is 0 Å². The molecule has 0 aliphatic rings. The molecule has 0 heterocycles. The van der Waals surface area contributed by atoms with Gasteiger partial charge in [0.25, 0.3) is 0 Å². The number of allylic oxidation sites excluding steroid dienone is 2. The summed E-state index contributed by atoms with van der Waals surface area (Å²) in [6.45, 7) is 11.3. The third-order valence-corrected chi connectivity index (χ3v) is 2.00. The highest BCUT2D eigenvalue weighted by atomic mass is 16.1. The van der Waals surface area contributed by atoms with Crippen LogP contribution in [0.15, 0.2) is 23.9 Å². The summed E-state index contributed by atoms with van der Waals surface area (Å²) in [5.74, 6) is 0.162. The highest BCUT2D eigenvalue weighted by Crippen LogP contribution is 2.15. The molecule has 70 valence electrons. The van der Waals surface area contributed by atoms with E-state index in [-0.39, 0.29) is 13.3 Å². The summed E-state index contributed by atoms with van der Waals surface area (Å²) in [6, 6.07) is 0. The van der Waals surface area contributed by atoms with Crippen molar-refractivity contribution in [1.82, 2.24) is 5.32 Å². The van der Waals surface area contributed by atoms with Crippen LogP contribution < -0.4 is 5.32 Å². The van der Waals surface area contributed by atoms with Crippen LogP contribution in [0.2, 0.25) is 0 Å². The SMILES string of the molecule is C=C(NC(C)=O)C(C)/C(C)=C/C.[HH]. The van der Waals surface area contributed by atoms with Crippen molar-refractivity contribution in [2.45, 2.75) is 27.7 Å². The predicted molar refractivity (Wildman–Crippen MR) is 53.7 cm³/mol. The first kappa shape index (κ1) is 11.0. The quantitative estimate of drug-likeness (QED) is 0.646. The molecule has 0 saturated carbocycles. The smallest absolute Gasteiger partial charge is 0.220 e. The topological polar surface area (TPSA) is 29.1 Å². The van der Waals surface area contributed by atoms with Gasteiger partial charge in [-0.05, 0) is 13.8 Å². The Labute approximate surface area is 75.8 Å². The van der Waals surface area contributed by atoms with Gasteiger partial charge < -0.3 is 5.32 Å². The number of carbonyl (C=O) groups excluding carboxylic acids is 1. The molecule has 0 aliphatic carbocycles. The van der Waals surface area contributed by atoms with E-state index in [1.165, 1.54) is 12.5 Å². The summed E-state index contributed by atoms with van der Waals surface area (Å²) in [7, 11) is 0. The molecule has 0 aliphatic heterocycles. The minimum absolute atomic E-state index is 0. The summed E-state index contributed by atoms with van der Waals surface area (Å²) in [4.78, 5) is 10.7. The van der Waals surface area contributed by atoms with Gasteiger partial charge in [0.05, 0.1) is 0 Å². The lowest BCUT2D eigenvalue weighted by atomic mass is 10.00. The average molecular weight is 169 g/mol. The third kappa shape index (κ3) is 3.37. The maximum Gasteiger partial charge on any atom is 0.220 e. The summed E-state index contributed by atoms with van der Waals surface area (Å²) in [6.07, 6.45) is 2.03. The van der Waals surface area contributed by atoms with Crippen LogP contribution in [0.5, 0.6) is 0 Å². The zero-order chi connectivity index (χ0) is 9.72. The molecular weight excluding hydrogens is 150 g/mol. The van der Waals surface area contributed by atoms with Crippen LogP contribution in [0.1, 0.15) is 29.1 Å². The van der Waals surface area contributed by atoms with Crippen molar-refractivity contribution in [3.05, 3.63) is 23.9 Å². The number of nitrogens with one attached hydrogen (secondary N) is 1. The molecular formula is C10H19NO. The minimum Gasteiger partial charge on any atom is -0.330 e. The second-order valence-electron chi connectivity index (χ2n) is 2.96. The van der Waals surface area contributed by atoms with Gasteiger partial charge in [0.1, 0.15) is 0 Å². The van der Waals surface area contributed by atoms with Gasteiger partial charge in [0.15, 0.2) is 0 Å². The molecule has 0 spiro atoms. The zero-order valence-corrected chi connectivity index (χ0v) is 8.27. The van der Waals surface area contributed by atoms with Crippen molar-refractivity contribution in [2.24, 2.45) is 5.92 Å². The highest BCUT2D eigenvalue weighted by Gasteiger charge is 2.08. The third-order valence-electron chi connectivity index (χ3n) is 2.00. The Morgan fingerprint density at radius 1 is 1.58 bits per heavy atom. The van der Waals surface area contributed by atoms with Crippen molar-refractivity contribution >= 4 is 5.91 Å². The van der Waals surface area contributed by atoms with E-state index in [1.54, 1.807) is 0 Å². The Morgan fingerprint density at radius 2 is 2.08 bits per heavy atom. The number of amides is 1. The van der Waals surface area contributed by atoms with Crippen LogP contribution in [0.25, 0.3) is 0 Å². The maximum atomic E-state index is 10.7. The lowest BCUT2D eigenvalue weighted by Crippen LogP contribution is -2.23. The molecule has 0 bridgehead atoms. The van der Waals surface area contributed by atoms with Gasteiger partial charge in [-0.1, -0.05) is 25.2 Å². The van der Waals surface area contributed by atoms with E-state index in [1.807, 2.05) is 26.8 Å². The van der Waals surface area contributed by atoms with Gasteiger partial charge in [-0.3, -0.25) is 4.79 Å². The summed E-state index contributed by atoms with van der Waals surface area (Å²) >= 11 is 0. The molecule has 1 atom stereocenters. The number of hydrogen-bond donors (Lipinski definition) is 1. The van der Waals surface area contributed by atoms with E-state index in [0.717, 1.165) is 5.70 Å². The number of hydrogen-bond acceptors (Lipinski definition) is 1. The molecule has 0 fully saturated rings. The van der Waals surface area contributed by atoms with Gasteiger partial charge in [0, 0.05) is 20.0 Å². The summed E-state index contributed by atoms with van der Waals surface area (Å²) in [5, 5.41) is 2.68. The van der Waals surface area contributed by atoms with Crippen molar-refractivity contribution in [2.75, 3.05) is 0 Å². The largest absolute Gasteiger partial charge is 0.330 e. The van der Waals surface area contributed by atoms with Gasteiger partial charge in [-0.2, -0.15) is 0 Å². The predicted octanol–water partition coefficient (Wildman–Crippen LogP) is 2.48. The molecule has 1 unspecified atom stereocenters. The van der Waals surface area contributed by atoms with E-state index in [4.69, 9.17) is 0 Å².